The molecule has 0 aromatic carbocycles. The summed E-state index contributed by atoms with van der Waals surface area (Å²) in [5.74, 6) is -0.0853. The van der Waals surface area contributed by atoms with E-state index in [9.17, 15) is 8.42 Å². The predicted octanol–water partition coefficient (Wildman–Crippen LogP) is -0.556. The van der Waals surface area contributed by atoms with Gasteiger partial charge in [-0.1, -0.05) is 0 Å². The fourth-order valence-corrected chi connectivity index (χ4v) is 3.23. The van der Waals surface area contributed by atoms with Crippen molar-refractivity contribution in [1.82, 2.24) is 25.0 Å². The van der Waals surface area contributed by atoms with Crippen LogP contribution in [0.15, 0.2) is 17.3 Å². The number of anilines is 1. The molecule has 2 heterocycles. The Kier molecular flexibility index (Phi) is 3.95. The molecule has 0 saturated heterocycles. The minimum absolute atomic E-state index is 0.0853. The molecule has 0 spiro atoms. The first-order chi connectivity index (χ1) is 9.45. The molecular weight excluding hydrogens is 282 g/mol. The summed E-state index contributed by atoms with van der Waals surface area (Å²) in [4.78, 5) is 3.89. The Labute approximate surface area is 116 Å². The van der Waals surface area contributed by atoms with Crippen molar-refractivity contribution < 1.29 is 8.42 Å². The number of nitrogens with one attached hydrogen (secondary N) is 1. The summed E-state index contributed by atoms with van der Waals surface area (Å²) in [6.07, 6.45) is 2.70. The minimum Gasteiger partial charge on any atom is -0.329 e. The van der Waals surface area contributed by atoms with Crippen molar-refractivity contribution in [2.45, 2.75) is 25.3 Å². The highest BCUT2D eigenvalue weighted by Crippen LogP contribution is 2.20. The molecule has 0 unspecified atom stereocenters. The van der Waals surface area contributed by atoms with E-state index in [1.165, 1.54) is 12.4 Å². The third kappa shape index (κ3) is 2.75. The van der Waals surface area contributed by atoms with E-state index in [1.807, 2.05) is 0 Å². The summed E-state index contributed by atoms with van der Waals surface area (Å²) in [7, 11) is -3.81. The van der Waals surface area contributed by atoms with Crippen LogP contribution in [-0.2, 0) is 16.6 Å². The summed E-state index contributed by atoms with van der Waals surface area (Å²) in [6, 6.07) is 0. The van der Waals surface area contributed by atoms with E-state index in [0.29, 0.717) is 24.5 Å². The van der Waals surface area contributed by atoms with Gasteiger partial charge in [-0.2, -0.15) is 10.2 Å². The van der Waals surface area contributed by atoms with Crippen LogP contribution >= 0.6 is 0 Å². The second-order valence-corrected chi connectivity index (χ2v) is 5.70. The highest BCUT2D eigenvalue weighted by Gasteiger charge is 2.25. The minimum atomic E-state index is -3.81. The number of aromatic nitrogens is 5. The standard InChI is InChI=1S/C10H15N7O2S/c1-7-9(8(2)17(15-7)6-3-11)20(18,19)16-10-12-4-5-13-14-10/h4-5H,3,6,11H2,1-2H3,(H,12,14,16). The topological polar surface area (TPSA) is 129 Å². The van der Waals surface area contributed by atoms with Crippen molar-refractivity contribution in [2.75, 3.05) is 11.3 Å². The summed E-state index contributed by atoms with van der Waals surface area (Å²) >= 11 is 0. The van der Waals surface area contributed by atoms with Crippen LogP contribution in [0.2, 0.25) is 0 Å². The Morgan fingerprint density at radius 3 is 2.70 bits per heavy atom. The first kappa shape index (κ1) is 14.3. The van der Waals surface area contributed by atoms with E-state index in [4.69, 9.17) is 5.73 Å². The first-order valence-corrected chi connectivity index (χ1v) is 7.34. The lowest BCUT2D eigenvalue weighted by atomic mass is 10.4. The molecule has 0 aliphatic carbocycles. The molecule has 108 valence electrons. The van der Waals surface area contributed by atoms with Gasteiger partial charge in [-0.05, 0) is 13.8 Å². The molecule has 0 saturated carbocycles. The molecule has 2 aromatic rings. The number of hydrogen-bond donors (Lipinski definition) is 2. The fraction of sp³-hybridized carbons (Fsp3) is 0.400. The van der Waals surface area contributed by atoms with Gasteiger partial charge in [0.15, 0.2) is 0 Å². The molecular formula is C10H15N7O2S. The Balaban J connectivity index is 2.40. The molecule has 0 radical (unpaired) electrons. The van der Waals surface area contributed by atoms with Crippen molar-refractivity contribution in [1.29, 1.82) is 0 Å². The summed E-state index contributed by atoms with van der Waals surface area (Å²) < 4.78 is 28.6. The van der Waals surface area contributed by atoms with Crippen molar-refractivity contribution in [3.8, 4) is 0 Å². The van der Waals surface area contributed by atoms with E-state index in [2.05, 4.69) is 25.0 Å². The molecule has 2 rings (SSSR count). The van der Waals surface area contributed by atoms with Gasteiger partial charge >= 0.3 is 0 Å². The molecule has 0 fully saturated rings. The Bertz CT molecular complexity index is 696. The van der Waals surface area contributed by atoms with Crippen LogP contribution in [0.1, 0.15) is 11.4 Å². The van der Waals surface area contributed by atoms with Crippen molar-refractivity contribution in [3.05, 3.63) is 23.8 Å². The maximum Gasteiger partial charge on any atom is 0.267 e. The van der Waals surface area contributed by atoms with Crippen LogP contribution < -0.4 is 10.5 Å². The lowest BCUT2D eigenvalue weighted by Gasteiger charge is -2.06. The number of nitrogens with zero attached hydrogens (tertiary/aromatic N) is 5. The van der Waals surface area contributed by atoms with Crippen molar-refractivity contribution in [2.24, 2.45) is 5.73 Å². The van der Waals surface area contributed by atoms with Crippen LogP contribution in [0.5, 0.6) is 0 Å². The van der Waals surface area contributed by atoms with Crippen LogP contribution in [0.3, 0.4) is 0 Å². The zero-order chi connectivity index (χ0) is 14.8. The zero-order valence-electron chi connectivity index (χ0n) is 11.1. The van der Waals surface area contributed by atoms with E-state index < -0.39 is 10.0 Å². The summed E-state index contributed by atoms with van der Waals surface area (Å²) in [5, 5.41) is 11.3. The fourth-order valence-electron chi connectivity index (χ4n) is 1.87. The van der Waals surface area contributed by atoms with Gasteiger partial charge in [-0.15, -0.1) is 5.10 Å². The summed E-state index contributed by atoms with van der Waals surface area (Å²) in [6.45, 7) is 4.12. The van der Waals surface area contributed by atoms with Gasteiger partial charge in [0.2, 0.25) is 0 Å². The second-order valence-electron chi connectivity index (χ2n) is 4.08. The highest BCUT2D eigenvalue weighted by molar-refractivity contribution is 7.92. The number of sulfonamides is 1. The molecule has 0 bridgehead atoms. The normalized spacial score (nSPS) is 11.6. The quantitative estimate of drug-likeness (QED) is 0.757. The third-order valence-electron chi connectivity index (χ3n) is 2.63. The monoisotopic (exact) mass is 297 g/mol. The second kappa shape index (κ2) is 5.51. The Morgan fingerprint density at radius 2 is 2.10 bits per heavy atom. The van der Waals surface area contributed by atoms with Gasteiger partial charge in [0.25, 0.3) is 16.0 Å². The van der Waals surface area contributed by atoms with Crippen molar-refractivity contribution in [3.63, 3.8) is 0 Å². The van der Waals surface area contributed by atoms with Gasteiger partial charge in [0, 0.05) is 6.54 Å². The third-order valence-corrected chi connectivity index (χ3v) is 4.21. The van der Waals surface area contributed by atoms with Gasteiger partial charge in [0.1, 0.15) is 4.90 Å². The molecule has 0 atom stereocenters. The number of nitrogens with two attached hydrogens (primary N) is 1. The molecule has 20 heavy (non-hydrogen) atoms. The van der Waals surface area contributed by atoms with E-state index in [1.54, 1.807) is 18.5 Å². The molecule has 9 nitrogen and oxygen atoms in total. The smallest absolute Gasteiger partial charge is 0.267 e. The predicted molar refractivity (Wildman–Crippen MR) is 71.4 cm³/mol. The lowest BCUT2D eigenvalue weighted by Crippen LogP contribution is -2.17. The first-order valence-electron chi connectivity index (χ1n) is 5.86. The Morgan fingerprint density at radius 1 is 1.35 bits per heavy atom. The van der Waals surface area contributed by atoms with Crippen LogP contribution in [0.4, 0.5) is 5.95 Å². The van der Waals surface area contributed by atoms with Crippen LogP contribution in [-0.4, -0.2) is 39.9 Å². The average molecular weight is 297 g/mol. The largest absolute Gasteiger partial charge is 0.329 e. The van der Waals surface area contributed by atoms with Crippen molar-refractivity contribution >= 4 is 16.0 Å². The molecule has 2 aromatic heterocycles. The highest BCUT2D eigenvalue weighted by atomic mass is 32.2. The number of rotatable bonds is 5. The SMILES string of the molecule is Cc1nn(CCN)c(C)c1S(=O)(=O)Nc1nccnn1. The molecule has 0 aliphatic heterocycles. The molecule has 0 amide bonds. The van der Waals surface area contributed by atoms with E-state index in [-0.39, 0.29) is 10.8 Å². The number of aryl methyl sites for hydroxylation is 1. The number of hydrogen-bond acceptors (Lipinski definition) is 7. The van der Waals surface area contributed by atoms with Gasteiger partial charge in [0.05, 0.1) is 30.3 Å². The lowest BCUT2D eigenvalue weighted by molar-refractivity contribution is 0.593. The maximum atomic E-state index is 12.4. The average Bonchev–Trinajstić information content (AvgIpc) is 2.66. The molecule has 3 N–H and O–H groups in total. The van der Waals surface area contributed by atoms with Gasteiger partial charge < -0.3 is 5.73 Å². The van der Waals surface area contributed by atoms with Crippen LogP contribution in [0.25, 0.3) is 0 Å². The molecule has 0 aliphatic rings. The summed E-state index contributed by atoms with van der Waals surface area (Å²) in [5.41, 5.74) is 6.38. The molecule has 10 heteroatoms. The maximum absolute atomic E-state index is 12.4. The van der Waals surface area contributed by atoms with Gasteiger partial charge in [-0.3, -0.25) is 4.68 Å². The van der Waals surface area contributed by atoms with Crippen LogP contribution in [0, 0.1) is 13.8 Å². The van der Waals surface area contributed by atoms with E-state index in [0.717, 1.165) is 0 Å². The Hall–Kier alpha value is -2.07. The van der Waals surface area contributed by atoms with Gasteiger partial charge in [-0.25, -0.2) is 18.1 Å². The van der Waals surface area contributed by atoms with E-state index >= 15 is 0 Å². The zero-order valence-corrected chi connectivity index (χ0v) is 11.9.